The summed E-state index contributed by atoms with van der Waals surface area (Å²) in [6.07, 6.45) is 1.50. The Morgan fingerprint density at radius 2 is 1.80 bits per heavy atom. The lowest BCUT2D eigenvalue weighted by atomic mass is 10.1. The largest absolute Gasteiger partial charge is 0.493 e. The zero-order chi connectivity index (χ0) is 18.0. The number of ether oxygens (including phenoxy) is 2. The van der Waals surface area contributed by atoms with E-state index in [-0.39, 0.29) is 0 Å². The van der Waals surface area contributed by atoms with Crippen LogP contribution in [0.2, 0.25) is 0 Å². The second-order valence-corrected chi connectivity index (χ2v) is 5.79. The third-order valence-corrected chi connectivity index (χ3v) is 4.11. The molecule has 0 radical (unpaired) electrons. The molecule has 0 bridgehead atoms. The van der Waals surface area contributed by atoms with Crippen molar-refractivity contribution in [1.82, 2.24) is 15.0 Å². The van der Waals surface area contributed by atoms with Crippen LogP contribution in [0.15, 0.2) is 30.6 Å². The van der Waals surface area contributed by atoms with Crippen LogP contribution in [0, 0.1) is 6.92 Å². The van der Waals surface area contributed by atoms with Gasteiger partial charge in [0.2, 0.25) is 0 Å². The predicted molar refractivity (Wildman–Crippen MR) is 98.1 cm³/mol. The Morgan fingerprint density at radius 3 is 2.52 bits per heavy atom. The molecule has 0 saturated carbocycles. The molecule has 3 aromatic rings. The molecular weight excluding hydrogens is 318 g/mol. The first-order valence-corrected chi connectivity index (χ1v) is 7.83. The minimum absolute atomic E-state index is 0.440. The predicted octanol–water partition coefficient (Wildman–Crippen LogP) is 2.57. The third-order valence-electron chi connectivity index (χ3n) is 4.11. The average Bonchev–Trinajstić information content (AvgIpc) is 2.62. The Bertz CT molecular complexity index is 913. The molecule has 2 aromatic heterocycles. The fourth-order valence-electron chi connectivity index (χ4n) is 2.77. The number of aromatic nitrogens is 3. The van der Waals surface area contributed by atoms with Gasteiger partial charge >= 0.3 is 0 Å². The SMILES string of the molecule is COc1cc(C)c(CN(C)c2ncnc3nc(N)ccc23)cc1OC. The van der Waals surface area contributed by atoms with Gasteiger partial charge in [-0.1, -0.05) is 0 Å². The molecule has 2 heterocycles. The molecule has 25 heavy (non-hydrogen) atoms. The lowest BCUT2D eigenvalue weighted by Crippen LogP contribution is -2.19. The van der Waals surface area contributed by atoms with Crippen LogP contribution in [0.3, 0.4) is 0 Å². The van der Waals surface area contributed by atoms with Crippen molar-refractivity contribution in [1.29, 1.82) is 0 Å². The van der Waals surface area contributed by atoms with Gasteiger partial charge in [0.15, 0.2) is 17.1 Å². The van der Waals surface area contributed by atoms with Crippen molar-refractivity contribution in [3.8, 4) is 11.5 Å². The van der Waals surface area contributed by atoms with Gasteiger partial charge in [0.05, 0.1) is 19.6 Å². The smallest absolute Gasteiger partial charge is 0.166 e. The Morgan fingerprint density at radius 1 is 1.08 bits per heavy atom. The van der Waals surface area contributed by atoms with E-state index in [0.717, 1.165) is 28.1 Å². The highest BCUT2D eigenvalue weighted by atomic mass is 16.5. The minimum Gasteiger partial charge on any atom is -0.493 e. The number of nitrogen functional groups attached to an aromatic ring is 1. The highest BCUT2D eigenvalue weighted by Gasteiger charge is 2.14. The number of rotatable bonds is 5. The van der Waals surface area contributed by atoms with Crippen molar-refractivity contribution in [3.05, 3.63) is 41.7 Å². The van der Waals surface area contributed by atoms with Gasteiger partial charge in [0.1, 0.15) is 18.0 Å². The van der Waals surface area contributed by atoms with Crippen molar-refractivity contribution in [2.24, 2.45) is 0 Å². The molecule has 0 saturated heterocycles. The Balaban J connectivity index is 1.97. The van der Waals surface area contributed by atoms with Gasteiger partial charge in [0.25, 0.3) is 0 Å². The Labute approximate surface area is 146 Å². The van der Waals surface area contributed by atoms with Gasteiger partial charge in [-0.15, -0.1) is 0 Å². The summed E-state index contributed by atoms with van der Waals surface area (Å²) in [6, 6.07) is 7.61. The molecule has 0 atom stereocenters. The van der Waals surface area contributed by atoms with Gasteiger partial charge in [-0.3, -0.25) is 0 Å². The molecule has 7 heteroatoms. The van der Waals surface area contributed by atoms with E-state index in [4.69, 9.17) is 15.2 Å². The summed E-state index contributed by atoms with van der Waals surface area (Å²) >= 11 is 0. The van der Waals surface area contributed by atoms with Crippen molar-refractivity contribution >= 4 is 22.7 Å². The standard InChI is InChI=1S/C18H21N5O2/c1-11-7-14(24-3)15(25-4)8-12(11)9-23(2)18-13-5-6-16(19)22-17(13)20-10-21-18/h5-8,10H,9H2,1-4H3,(H2,19,20,21,22). The molecule has 7 nitrogen and oxygen atoms in total. The number of benzene rings is 1. The maximum Gasteiger partial charge on any atom is 0.166 e. The van der Waals surface area contributed by atoms with Crippen molar-refractivity contribution in [2.45, 2.75) is 13.5 Å². The molecule has 0 aliphatic carbocycles. The minimum atomic E-state index is 0.440. The molecule has 1 aromatic carbocycles. The van der Waals surface area contributed by atoms with Crippen LogP contribution in [0.1, 0.15) is 11.1 Å². The van der Waals surface area contributed by atoms with Crippen molar-refractivity contribution in [3.63, 3.8) is 0 Å². The summed E-state index contributed by atoms with van der Waals surface area (Å²) < 4.78 is 10.8. The maximum absolute atomic E-state index is 5.74. The van der Waals surface area contributed by atoms with Crippen LogP contribution in [0.4, 0.5) is 11.6 Å². The first kappa shape index (κ1) is 16.8. The molecule has 0 aliphatic heterocycles. The number of methoxy groups -OCH3 is 2. The van der Waals surface area contributed by atoms with Crippen molar-refractivity contribution < 1.29 is 9.47 Å². The van der Waals surface area contributed by atoms with Gasteiger partial charge in [0, 0.05) is 13.6 Å². The highest BCUT2D eigenvalue weighted by Crippen LogP contribution is 2.31. The maximum atomic E-state index is 5.74. The van der Waals surface area contributed by atoms with E-state index in [0.29, 0.717) is 23.8 Å². The van der Waals surface area contributed by atoms with E-state index >= 15 is 0 Å². The summed E-state index contributed by atoms with van der Waals surface area (Å²) in [7, 11) is 5.25. The number of nitrogens with zero attached hydrogens (tertiary/aromatic N) is 4. The molecule has 2 N–H and O–H groups in total. The average molecular weight is 339 g/mol. The van der Waals surface area contributed by atoms with Gasteiger partial charge in [-0.05, 0) is 42.3 Å². The molecule has 0 fully saturated rings. The van der Waals surface area contributed by atoms with Crippen LogP contribution >= 0.6 is 0 Å². The molecule has 3 rings (SSSR count). The zero-order valence-corrected chi connectivity index (χ0v) is 14.8. The summed E-state index contributed by atoms with van der Waals surface area (Å²) in [5, 5.41) is 0.859. The number of hydrogen-bond donors (Lipinski definition) is 1. The van der Waals surface area contributed by atoms with Gasteiger partial charge in [-0.2, -0.15) is 0 Å². The van der Waals surface area contributed by atoms with E-state index in [1.165, 1.54) is 6.33 Å². The lowest BCUT2D eigenvalue weighted by molar-refractivity contribution is 0.354. The molecule has 0 unspecified atom stereocenters. The van der Waals surface area contributed by atoms with E-state index in [2.05, 4.69) is 19.9 Å². The van der Waals surface area contributed by atoms with Gasteiger partial charge < -0.3 is 20.1 Å². The number of fused-ring (bicyclic) bond motifs is 1. The fraction of sp³-hybridized carbons (Fsp3) is 0.278. The highest BCUT2D eigenvalue weighted by molar-refractivity contribution is 5.87. The third kappa shape index (κ3) is 3.26. The Hall–Kier alpha value is -3.09. The quantitative estimate of drug-likeness (QED) is 0.764. The molecule has 0 amide bonds. The fourth-order valence-corrected chi connectivity index (χ4v) is 2.77. The Kier molecular flexibility index (Phi) is 4.56. The number of hydrogen-bond acceptors (Lipinski definition) is 7. The number of aryl methyl sites for hydroxylation is 1. The van der Waals surface area contributed by atoms with E-state index in [1.807, 2.05) is 32.2 Å². The molecule has 0 spiro atoms. The van der Waals surface area contributed by atoms with Crippen LogP contribution < -0.4 is 20.1 Å². The summed E-state index contributed by atoms with van der Waals surface area (Å²) in [5.41, 5.74) is 8.56. The number of nitrogens with two attached hydrogens (primary N) is 1. The normalized spacial score (nSPS) is 10.7. The van der Waals surface area contributed by atoms with Crippen LogP contribution in [-0.4, -0.2) is 36.2 Å². The molecule has 0 aliphatic rings. The monoisotopic (exact) mass is 339 g/mol. The number of pyridine rings is 1. The molecular formula is C18H21N5O2. The van der Waals surface area contributed by atoms with Crippen LogP contribution in [-0.2, 0) is 6.54 Å². The summed E-state index contributed by atoms with van der Waals surface area (Å²) in [6.45, 7) is 2.70. The van der Waals surface area contributed by atoms with E-state index < -0.39 is 0 Å². The van der Waals surface area contributed by atoms with Crippen LogP contribution in [0.5, 0.6) is 11.5 Å². The first-order chi connectivity index (χ1) is 12.0. The van der Waals surface area contributed by atoms with Crippen molar-refractivity contribution in [2.75, 3.05) is 31.9 Å². The number of anilines is 2. The molecule has 130 valence electrons. The van der Waals surface area contributed by atoms with E-state index in [1.54, 1.807) is 20.3 Å². The summed E-state index contributed by atoms with van der Waals surface area (Å²) in [5.74, 6) is 2.67. The topological polar surface area (TPSA) is 86.4 Å². The second kappa shape index (κ2) is 6.80. The lowest BCUT2D eigenvalue weighted by Gasteiger charge is -2.21. The zero-order valence-electron chi connectivity index (χ0n) is 14.8. The summed E-state index contributed by atoms with van der Waals surface area (Å²) in [4.78, 5) is 14.9. The van der Waals surface area contributed by atoms with Crippen LogP contribution in [0.25, 0.3) is 11.0 Å². The van der Waals surface area contributed by atoms with E-state index in [9.17, 15) is 0 Å². The van der Waals surface area contributed by atoms with Gasteiger partial charge in [-0.25, -0.2) is 15.0 Å². The second-order valence-electron chi connectivity index (χ2n) is 5.79. The first-order valence-electron chi connectivity index (χ1n) is 7.83.